The minimum absolute atomic E-state index is 0.110. The second-order valence-corrected chi connectivity index (χ2v) is 5.24. The summed E-state index contributed by atoms with van der Waals surface area (Å²) < 4.78 is 5.32. The Bertz CT molecular complexity index is 687. The lowest BCUT2D eigenvalue weighted by atomic mass is 10.2. The summed E-state index contributed by atoms with van der Waals surface area (Å²) in [5.74, 6) is -0.152. The van der Waals surface area contributed by atoms with Gasteiger partial charge >= 0.3 is 0 Å². The standard InChI is InChI=1S/C13H12N4O3S/c14-8-2-1-3-9-12(8)17(11(19)7-20-9)6-10(18)16-13-15-4-5-21-13/h1-5H,6-7,14H2,(H,15,16,18). The Kier molecular flexibility index (Phi) is 3.44. The molecule has 0 aliphatic carbocycles. The zero-order chi connectivity index (χ0) is 14.8. The number of thiazole rings is 1. The van der Waals surface area contributed by atoms with Crippen LogP contribution in [0.5, 0.6) is 5.75 Å². The smallest absolute Gasteiger partial charge is 0.265 e. The molecule has 21 heavy (non-hydrogen) atoms. The first kappa shape index (κ1) is 13.4. The molecule has 1 aromatic heterocycles. The summed E-state index contributed by atoms with van der Waals surface area (Å²) >= 11 is 1.31. The van der Waals surface area contributed by atoms with Gasteiger partial charge in [0.05, 0.1) is 5.69 Å². The zero-order valence-corrected chi connectivity index (χ0v) is 11.7. The molecule has 0 fully saturated rings. The Labute approximate surface area is 124 Å². The molecule has 0 saturated carbocycles. The molecule has 0 spiro atoms. The van der Waals surface area contributed by atoms with E-state index in [-0.39, 0.29) is 25.0 Å². The number of anilines is 3. The van der Waals surface area contributed by atoms with Crippen LogP contribution in [0.3, 0.4) is 0 Å². The Balaban J connectivity index is 1.82. The van der Waals surface area contributed by atoms with Crippen LogP contribution in [0.2, 0.25) is 0 Å². The fraction of sp³-hybridized carbons (Fsp3) is 0.154. The quantitative estimate of drug-likeness (QED) is 0.827. The van der Waals surface area contributed by atoms with Crippen molar-refractivity contribution in [2.75, 3.05) is 29.1 Å². The number of nitrogen functional groups attached to an aromatic ring is 1. The summed E-state index contributed by atoms with van der Waals surface area (Å²) in [5, 5.41) is 4.87. The van der Waals surface area contributed by atoms with Gasteiger partial charge in [0.2, 0.25) is 5.91 Å². The average molecular weight is 304 g/mol. The molecule has 0 saturated heterocycles. The van der Waals surface area contributed by atoms with E-state index in [2.05, 4.69) is 10.3 Å². The van der Waals surface area contributed by atoms with Crippen molar-refractivity contribution in [1.29, 1.82) is 0 Å². The highest BCUT2D eigenvalue weighted by atomic mass is 32.1. The average Bonchev–Trinajstić information content (AvgIpc) is 2.95. The molecule has 1 aliphatic heterocycles. The second kappa shape index (κ2) is 5.41. The van der Waals surface area contributed by atoms with E-state index in [0.717, 1.165) is 0 Å². The fourth-order valence-electron chi connectivity index (χ4n) is 2.04. The van der Waals surface area contributed by atoms with Crippen molar-refractivity contribution in [3.05, 3.63) is 29.8 Å². The molecular formula is C13H12N4O3S. The maximum Gasteiger partial charge on any atom is 0.265 e. The summed E-state index contributed by atoms with van der Waals surface area (Å²) in [6, 6.07) is 5.11. The van der Waals surface area contributed by atoms with Crippen molar-refractivity contribution >= 4 is 39.7 Å². The number of para-hydroxylation sites is 1. The Morgan fingerprint density at radius 2 is 2.38 bits per heavy atom. The van der Waals surface area contributed by atoms with Gasteiger partial charge in [-0.2, -0.15) is 0 Å². The van der Waals surface area contributed by atoms with Gasteiger partial charge in [0.15, 0.2) is 11.7 Å². The second-order valence-electron chi connectivity index (χ2n) is 4.35. The SMILES string of the molecule is Nc1cccc2c1N(CC(=O)Nc1nccs1)C(=O)CO2. The monoisotopic (exact) mass is 304 g/mol. The normalized spacial score (nSPS) is 13.5. The number of rotatable bonds is 3. The van der Waals surface area contributed by atoms with Crippen molar-refractivity contribution < 1.29 is 14.3 Å². The molecule has 0 bridgehead atoms. The van der Waals surface area contributed by atoms with Gasteiger partial charge in [-0.25, -0.2) is 4.98 Å². The third-order valence-corrected chi connectivity index (χ3v) is 3.62. The van der Waals surface area contributed by atoms with Crippen molar-refractivity contribution in [1.82, 2.24) is 4.98 Å². The lowest BCUT2D eigenvalue weighted by Gasteiger charge is -2.29. The van der Waals surface area contributed by atoms with Crippen LogP contribution in [0.1, 0.15) is 0 Å². The number of carbonyl (C=O) groups is 2. The summed E-state index contributed by atoms with van der Waals surface area (Å²) in [5.41, 5.74) is 6.71. The number of ether oxygens (including phenoxy) is 1. The van der Waals surface area contributed by atoms with Gasteiger partial charge in [-0.05, 0) is 12.1 Å². The summed E-state index contributed by atoms with van der Waals surface area (Å²) in [6.07, 6.45) is 1.59. The van der Waals surface area contributed by atoms with E-state index >= 15 is 0 Å². The first-order chi connectivity index (χ1) is 10.1. The molecule has 7 nitrogen and oxygen atoms in total. The van der Waals surface area contributed by atoms with E-state index in [1.807, 2.05) is 0 Å². The molecule has 2 aromatic rings. The Morgan fingerprint density at radius 3 is 3.14 bits per heavy atom. The van der Waals surface area contributed by atoms with E-state index in [1.54, 1.807) is 29.8 Å². The number of amides is 2. The number of carbonyl (C=O) groups excluding carboxylic acids is 2. The lowest BCUT2D eigenvalue weighted by Crippen LogP contribution is -2.43. The number of hydrogen-bond donors (Lipinski definition) is 2. The molecular weight excluding hydrogens is 292 g/mol. The highest BCUT2D eigenvalue weighted by molar-refractivity contribution is 7.13. The van der Waals surface area contributed by atoms with E-state index < -0.39 is 0 Å². The van der Waals surface area contributed by atoms with Crippen molar-refractivity contribution in [2.45, 2.75) is 0 Å². The Hall–Kier alpha value is -2.61. The maximum absolute atomic E-state index is 12.0. The largest absolute Gasteiger partial charge is 0.481 e. The molecule has 3 rings (SSSR count). The Morgan fingerprint density at radius 1 is 1.52 bits per heavy atom. The van der Waals surface area contributed by atoms with Crippen LogP contribution in [0, 0.1) is 0 Å². The van der Waals surface area contributed by atoms with Gasteiger partial charge in [0.1, 0.15) is 18.0 Å². The van der Waals surface area contributed by atoms with Crippen LogP contribution in [0.4, 0.5) is 16.5 Å². The first-order valence-electron chi connectivity index (χ1n) is 6.16. The lowest BCUT2D eigenvalue weighted by molar-refractivity contribution is -0.123. The number of nitrogens with one attached hydrogen (secondary N) is 1. The molecule has 0 unspecified atom stereocenters. The number of fused-ring (bicyclic) bond motifs is 1. The third-order valence-electron chi connectivity index (χ3n) is 2.93. The number of hydrogen-bond acceptors (Lipinski definition) is 6. The number of nitrogens with zero attached hydrogens (tertiary/aromatic N) is 2. The van der Waals surface area contributed by atoms with Crippen molar-refractivity contribution in [3.63, 3.8) is 0 Å². The zero-order valence-electron chi connectivity index (χ0n) is 10.9. The number of benzene rings is 1. The minimum Gasteiger partial charge on any atom is -0.481 e. The predicted octanol–water partition coefficient (Wildman–Crippen LogP) is 1.09. The molecule has 0 radical (unpaired) electrons. The van der Waals surface area contributed by atoms with E-state index in [4.69, 9.17) is 10.5 Å². The predicted molar refractivity (Wildman–Crippen MR) is 79.4 cm³/mol. The minimum atomic E-state index is -0.339. The van der Waals surface area contributed by atoms with Gasteiger partial charge in [-0.1, -0.05) is 6.07 Å². The third kappa shape index (κ3) is 2.65. The summed E-state index contributed by atoms with van der Waals surface area (Å²) in [6.45, 7) is -0.246. The van der Waals surface area contributed by atoms with Gasteiger partial charge in [0, 0.05) is 11.6 Å². The van der Waals surface area contributed by atoms with E-state index in [0.29, 0.717) is 22.3 Å². The molecule has 1 aliphatic rings. The topological polar surface area (TPSA) is 97.5 Å². The summed E-state index contributed by atoms with van der Waals surface area (Å²) in [7, 11) is 0. The van der Waals surface area contributed by atoms with Crippen LogP contribution >= 0.6 is 11.3 Å². The van der Waals surface area contributed by atoms with Crippen LogP contribution < -0.4 is 20.7 Å². The highest BCUT2D eigenvalue weighted by Gasteiger charge is 2.29. The highest BCUT2D eigenvalue weighted by Crippen LogP contribution is 2.36. The van der Waals surface area contributed by atoms with E-state index in [9.17, 15) is 9.59 Å². The van der Waals surface area contributed by atoms with Crippen LogP contribution in [-0.2, 0) is 9.59 Å². The molecule has 8 heteroatoms. The van der Waals surface area contributed by atoms with Crippen LogP contribution in [-0.4, -0.2) is 29.9 Å². The van der Waals surface area contributed by atoms with Gasteiger partial charge in [-0.15, -0.1) is 11.3 Å². The summed E-state index contributed by atoms with van der Waals surface area (Å²) in [4.78, 5) is 29.3. The molecule has 3 N–H and O–H groups in total. The molecule has 1 aromatic carbocycles. The van der Waals surface area contributed by atoms with Crippen LogP contribution in [0.25, 0.3) is 0 Å². The van der Waals surface area contributed by atoms with Crippen molar-refractivity contribution in [3.8, 4) is 5.75 Å². The fourth-order valence-corrected chi connectivity index (χ4v) is 2.59. The van der Waals surface area contributed by atoms with Crippen LogP contribution in [0.15, 0.2) is 29.8 Å². The molecule has 108 valence electrons. The van der Waals surface area contributed by atoms with Gasteiger partial charge < -0.3 is 15.8 Å². The maximum atomic E-state index is 12.0. The number of aromatic nitrogens is 1. The van der Waals surface area contributed by atoms with Gasteiger partial charge in [0.25, 0.3) is 5.91 Å². The van der Waals surface area contributed by atoms with E-state index in [1.165, 1.54) is 16.2 Å². The molecule has 2 heterocycles. The van der Waals surface area contributed by atoms with Gasteiger partial charge in [-0.3, -0.25) is 14.5 Å². The molecule has 2 amide bonds. The molecule has 0 atom stereocenters. The van der Waals surface area contributed by atoms with Crippen molar-refractivity contribution in [2.24, 2.45) is 0 Å². The first-order valence-corrected chi connectivity index (χ1v) is 7.04. The number of nitrogens with two attached hydrogens (primary N) is 1.